The Morgan fingerprint density at radius 1 is 0.945 bits per heavy atom. The summed E-state index contributed by atoms with van der Waals surface area (Å²) in [5.41, 5.74) is -0.532. The van der Waals surface area contributed by atoms with Gasteiger partial charge in [0.15, 0.2) is 30.5 Å². The molecule has 0 radical (unpaired) electrons. The molecule has 2 saturated carbocycles. The molecule has 1 N–H and O–H groups in total. The smallest absolute Gasteiger partial charge is 0.489 e. The van der Waals surface area contributed by atoms with Crippen molar-refractivity contribution in [2.45, 2.75) is 71.2 Å². The second-order valence-electron chi connectivity index (χ2n) is 14.2. The zero-order chi connectivity index (χ0) is 40.1. The topological polar surface area (TPSA) is 158 Å². The maximum Gasteiger partial charge on any atom is 0.514 e. The number of anilines is 1. The number of aromatic nitrogens is 1. The van der Waals surface area contributed by atoms with Crippen molar-refractivity contribution >= 4 is 57.0 Å². The number of pyridine rings is 1. The molecule has 2 fully saturated rings. The molecule has 1 atom stereocenters. The fourth-order valence-corrected chi connectivity index (χ4v) is 6.76. The van der Waals surface area contributed by atoms with Gasteiger partial charge in [0.05, 0.1) is 18.6 Å². The molecule has 2 aromatic carbocycles. The molecule has 0 unspecified atom stereocenters. The van der Waals surface area contributed by atoms with E-state index in [2.05, 4.69) is 9.72 Å². The van der Waals surface area contributed by atoms with Crippen LogP contribution in [0.15, 0.2) is 48.8 Å². The number of hydrogen-bond donors (Lipinski definition) is 0. The van der Waals surface area contributed by atoms with Crippen LogP contribution in [0.25, 0.3) is 0 Å². The summed E-state index contributed by atoms with van der Waals surface area (Å²) < 4.78 is 85.2. The van der Waals surface area contributed by atoms with E-state index in [0.717, 1.165) is 36.2 Å². The fourth-order valence-electron chi connectivity index (χ4n) is 5.25. The highest BCUT2D eigenvalue weighted by atomic mass is 35.5. The lowest BCUT2D eigenvalue weighted by Gasteiger charge is -2.24. The lowest BCUT2D eigenvalue weighted by atomic mass is 10.0. The van der Waals surface area contributed by atoms with Gasteiger partial charge in [-0.1, -0.05) is 29.3 Å². The molecule has 55 heavy (non-hydrogen) atoms. The first-order valence-electron chi connectivity index (χ1n) is 17.3. The minimum atomic E-state index is -3.79. The number of carbonyl (C=O) groups is 3. The van der Waals surface area contributed by atoms with E-state index in [1.165, 1.54) is 48.8 Å². The predicted molar refractivity (Wildman–Crippen MR) is 195 cm³/mol. The third-order valence-corrected chi connectivity index (χ3v) is 10.1. The van der Waals surface area contributed by atoms with E-state index in [1.807, 2.05) is 0 Å². The summed E-state index contributed by atoms with van der Waals surface area (Å²) in [6, 6.07) is 7.85. The number of sulfonamides is 1. The Bertz CT molecular complexity index is 1980. The van der Waals surface area contributed by atoms with Crippen LogP contribution in [0.1, 0.15) is 74.0 Å². The Morgan fingerprint density at radius 2 is 1.60 bits per heavy atom. The average molecular weight is 831 g/mol. The van der Waals surface area contributed by atoms with Crippen molar-refractivity contribution in [2.75, 3.05) is 30.3 Å². The summed E-state index contributed by atoms with van der Waals surface area (Å²) in [5.74, 6) is -2.32. The molecule has 13 nitrogen and oxygen atoms in total. The summed E-state index contributed by atoms with van der Waals surface area (Å²) in [6.07, 6.45) is 5.11. The molecule has 0 aliphatic heterocycles. The van der Waals surface area contributed by atoms with Crippen LogP contribution < -0.4 is 23.5 Å². The number of halogens is 4. The van der Waals surface area contributed by atoms with Gasteiger partial charge in [-0.3, -0.25) is 4.31 Å². The lowest BCUT2D eigenvalue weighted by Crippen LogP contribution is -2.32. The van der Waals surface area contributed by atoms with Gasteiger partial charge in [-0.2, -0.15) is 8.78 Å². The van der Waals surface area contributed by atoms with Crippen LogP contribution in [0, 0.1) is 11.8 Å². The van der Waals surface area contributed by atoms with Gasteiger partial charge >= 0.3 is 24.7 Å². The molecule has 2 aliphatic rings. The third-order valence-electron chi connectivity index (χ3n) is 8.28. The first-order chi connectivity index (χ1) is 25.9. The largest absolute Gasteiger partial charge is 0.514 e. The van der Waals surface area contributed by atoms with Crippen molar-refractivity contribution in [2.24, 2.45) is 11.8 Å². The quantitative estimate of drug-likeness (QED) is 0.0760. The molecule has 2 aliphatic carbocycles. The second kappa shape index (κ2) is 17.6. The number of nitrogens with zero attached hydrogens (tertiary/aromatic N) is 1. The molecule has 5 rings (SSSR count). The van der Waals surface area contributed by atoms with Gasteiger partial charge < -0.3 is 28.4 Å². The highest BCUT2D eigenvalue weighted by Gasteiger charge is 2.31. The van der Waals surface area contributed by atoms with Crippen molar-refractivity contribution in [3.05, 3.63) is 75.5 Å². The van der Waals surface area contributed by atoms with E-state index in [0.29, 0.717) is 11.1 Å². The van der Waals surface area contributed by atoms with Crippen LogP contribution in [-0.4, -0.2) is 64.7 Å². The van der Waals surface area contributed by atoms with Gasteiger partial charge in [-0.25, -0.2) is 27.8 Å². The Balaban J connectivity index is 1.40. The SMILES string of the molecule is CC(C)(C)OC(=O)Oc1ccc(N(CC2CC2)S(C)(=O)=O)cc1C(=O)OCC(=O)O[C@@H](Cc1c(Cl)c[nH+]cc1Cl)c1ccc(OC(F)F)c(OCC2CC2)c1. The number of carbonyl (C=O) groups excluding carboxylic acids is 3. The number of benzene rings is 2. The van der Waals surface area contributed by atoms with E-state index >= 15 is 0 Å². The number of hydrogen-bond acceptors (Lipinski definition) is 11. The van der Waals surface area contributed by atoms with Gasteiger partial charge in [0.25, 0.3) is 0 Å². The molecule has 0 spiro atoms. The monoisotopic (exact) mass is 829 g/mol. The molecule has 0 amide bonds. The third kappa shape index (κ3) is 12.6. The first-order valence-corrected chi connectivity index (χ1v) is 19.9. The van der Waals surface area contributed by atoms with Gasteiger partial charge in [-0.15, -0.1) is 0 Å². The molecular formula is C37H41Cl2F2N2O11S+. The lowest BCUT2D eigenvalue weighted by molar-refractivity contribution is -0.377. The standard InChI is InChI=1S/C37H40Cl2F2N2O11S/c1-37(2,3)54-36(46)53-29-12-10-24(43(55(4,47)48)18-21-5-6-21)14-26(29)34(45)50-20-33(44)51-31(15-25-27(38)16-42-17-28(25)39)23-9-11-30(52-35(40)41)32(13-23)49-19-22-7-8-22/h9-14,16-17,21-22,31,35H,5-8,15,18-20H2,1-4H3/p+1/t31-/m0/s1. The van der Waals surface area contributed by atoms with Crippen LogP contribution in [0.2, 0.25) is 10.0 Å². The summed E-state index contributed by atoms with van der Waals surface area (Å²) >= 11 is 12.8. The van der Waals surface area contributed by atoms with Crippen molar-refractivity contribution in [1.29, 1.82) is 0 Å². The number of nitrogens with one attached hydrogen (secondary N) is 1. The normalized spacial score (nSPS) is 14.9. The number of ether oxygens (including phenoxy) is 6. The van der Waals surface area contributed by atoms with E-state index in [-0.39, 0.29) is 70.0 Å². The van der Waals surface area contributed by atoms with E-state index < -0.39 is 53.0 Å². The Kier molecular flexibility index (Phi) is 13.3. The van der Waals surface area contributed by atoms with Gasteiger partial charge in [-0.05, 0) is 94.2 Å². The van der Waals surface area contributed by atoms with E-state index in [4.69, 9.17) is 46.9 Å². The minimum absolute atomic E-state index is 0.00186. The summed E-state index contributed by atoms with van der Waals surface area (Å²) in [4.78, 5) is 42.3. The maximum atomic E-state index is 13.6. The van der Waals surface area contributed by atoms with Crippen molar-refractivity contribution < 1.29 is 65.0 Å². The van der Waals surface area contributed by atoms with E-state index in [1.54, 1.807) is 20.8 Å². The summed E-state index contributed by atoms with van der Waals surface area (Å²) in [6.45, 7) is 1.18. The Morgan fingerprint density at radius 3 is 2.20 bits per heavy atom. The van der Waals surface area contributed by atoms with E-state index in [9.17, 15) is 31.6 Å². The average Bonchev–Trinajstić information content (AvgIpc) is 4.02. The van der Waals surface area contributed by atoms with Gasteiger partial charge in [0.2, 0.25) is 10.0 Å². The highest BCUT2D eigenvalue weighted by molar-refractivity contribution is 7.92. The highest BCUT2D eigenvalue weighted by Crippen LogP contribution is 2.38. The molecule has 0 saturated heterocycles. The van der Waals surface area contributed by atoms with Crippen LogP contribution in [-0.2, 0) is 35.4 Å². The molecule has 1 heterocycles. The zero-order valence-electron chi connectivity index (χ0n) is 30.4. The summed E-state index contributed by atoms with van der Waals surface area (Å²) in [7, 11) is -3.79. The van der Waals surface area contributed by atoms with Gasteiger partial charge in [0.1, 0.15) is 33.1 Å². The van der Waals surface area contributed by atoms with Crippen LogP contribution in [0.5, 0.6) is 17.2 Å². The second-order valence-corrected chi connectivity index (χ2v) is 16.9. The molecule has 298 valence electrons. The first kappa shape index (κ1) is 41.7. The van der Waals surface area contributed by atoms with Crippen LogP contribution >= 0.6 is 23.2 Å². The maximum absolute atomic E-state index is 13.6. The van der Waals surface area contributed by atoms with Crippen LogP contribution in [0.3, 0.4) is 0 Å². The Labute approximate surface area is 327 Å². The molecule has 0 bridgehead atoms. The number of aromatic amines is 1. The predicted octanol–water partition coefficient (Wildman–Crippen LogP) is 7.37. The van der Waals surface area contributed by atoms with Crippen LogP contribution in [0.4, 0.5) is 19.3 Å². The number of esters is 2. The van der Waals surface area contributed by atoms with Gasteiger partial charge in [0, 0.05) is 18.5 Å². The minimum Gasteiger partial charge on any atom is -0.489 e. The van der Waals surface area contributed by atoms with Crippen molar-refractivity contribution in [3.63, 3.8) is 0 Å². The molecule has 3 aromatic rings. The molecular weight excluding hydrogens is 789 g/mol. The summed E-state index contributed by atoms with van der Waals surface area (Å²) in [5, 5.41) is 0.426. The number of H-pyrrole nitrogens is 1. The number of rotatable bonds is 17. The fraction of sp³-hybridized carbons (Fsp3) is 0.459. The van der Waals surface area contributed by atoms with Crippen molar-refractivity contribution in [1.82, 2.24) is 0 Å². The number of alkyl halides is 2. The van der Waals surface area contributed by atoms with Crippen molar-refractivity contribution in [3.8, 4) is 17.2 Å². The Hall–Kier alpha value is -4.41. The molecule has 18 heteroatoms. The zero-order valence-corrected chi connectivity index (χ0v) is 32.8. The molecule has 1 aromatic heterocycles.